The van der Waals surface area contributed by atoms with Crippen LogP contribution in [-0.2, 0) is 0 Å². The molecule has 2 aliphatic carbocycles. The van der Waals surface area contributed by atoms with Gasteiger partial charge in [0.2, 0.25) is 0 Å². The van der Waals surface area contributed by atoms with Crippen LogP contribution in [0.3, 0.4) is 0 Å². The maximum atomic E-state index is 6.22. The van der Waals surface area contributed by atoms with Gasteiger partial charge in [-0.05, 0) is 36.0 Å². The second-order valence-electron chi connectivity index (χ2n) is 3.93. The van der Waals surface area contributed by atoms with Gasteiger partial charge in [-0.25, -0.2) is 4.98 Å². The van der Waals surface area contributed by atoms with Crippen LogP contribution in [0.25, 0.3) is 0 Å². The summed E-state index contributed by atoms with van der Waals surface area (Å²) in [5.41, 5.74) is 2.72. The predicted molar refractivity (Wildman–Crippen MR) is 53.6 cm³/mol. The van der Waals surface area contributed by atoms with E-state index in [1.807, 2.05) is 12.3 Å². The second-order valence-corrected chi connectivity index (χ2v) is 4.87. The topological polar surface area (TPSA) is 12.9 Å². The third-order valence-corrected chi connectivity index (χ3v) is 3.95. The molecule has 1 heterocycles. The number of hydrogen-bond acceptors (Lipinski definition) is 1. The lowest BCUT2D eigenvalue weighted by atomic mass is 9.93. The van der Waals surface area contributed by atoms with E-state index in [2.05, 4.69) is 4.98 Å². The molecule has 0 aliphatic heterocycles. The first-order chi connectivity index (χ1) is 6.25. The first-order valence-electron chi connectivity index (χ1n) is 4.55. The maximum absolute atomic E-state index is 6.22. The summed E-state index contributed by atoms with van der Waals surface area (Å²) in [6.45, 7) is 0. The summed E-state index contributed by atoms with van der Waals surface area (Å²) in [6.07, 6.45) is 4.21. The number of alkyl halides is 1. The van der Waals surface area contributed by atoms with Gasteiger partial charge in [0, 0.05) is 17.5 Å². The number of pyridine rings is 1. The Morgan fingerprint density at radius 2 is 2.15 bits per heavy atom. The van der Waals surface area contributed by atoms with Gasteiger partial charge in [-0.2, -0.15) is 0 Å². The van der Waals surface area contributed by atoms with Crippen LogP contribution in [0.2, 0.25) is 5.15 Å². The summed E-state index contributed by atoms with van der Waals surface area (Å²) in [6, 6.07) is 2.00. The lowest BCUT2D eigenvalue weighted by molar-refractivity contribution is 0.722. The molecule has 68 valence electrons. The van der Waals surface area contributed by atoms with Crippen LogP contribution in [0.4, 0.5) is 0 Å². The molecule has 3 atom stereocenters. The van der Waals surface area contributed by atoms with Gasteiger partial charge in [-0.1, -0.05) is 11.6 Å². The lowest BCUT2D eigenvalue weighted by Crippen LogP contribution is -2.10. The number of rotatable bonds is 0. The van der Waals surface area contributed by atoms with E-state index in [1.54, 1.807) is 0 Å². The molecule has 1 aromatic rings. The van der Waals surface area contributed by atoms with Crippen molar-refractivity contribution >= 4 is 23.2 Å². The van der Waals surface area contributed by atoms with Gasteiger partial charge in [0.1, 0.15) is 5.15 Å². The second kappa shape index (κ2) is 2.61. The van der Waals surface area contributed by atoms with Crippen molar-refractivity contribution in [3.05, 3.63) is 28.5 Å². The Kier molecular flexibility index (Phi) is 1.62. The molecule has 3 heteroatoms. The monoisotopic (exact) mass is 213 g/mol. The van der Waals surface area contributed by atoms with E-state index in [0.29, 0.717) is 22.4 Å². The van der Waals surface area contributed by atoms with Crippen molar-refractivity contribution in [2.24, 2.45) is 0 Å². The van der Waals surface area contributed by atoms with E-state index in [-0.39, 0.29) is 0 Å². The molecule has 1 fully saturated rings. The summed E-state index contributed by atoms with van der Waals surface area (Å²) in [4.78, 5) is 4.11. The van der Waals surface area contributed by atoms with Gasteiger partial charge in [0.05, 0.1) is 0 Å². The molecule has 0 aromatic carbocycles. The van der Waals surface area contributed by atoms with Crippen LogP contribution in [0.1, 0.15) is 35.8 Å². The van der Waals surface area contributed by atoms with Crippen molar-refractivity contribution in [2.75, 3.05) is 0 Å². The van der Waals surface area contributed by atoms with Crippen LogP contribution >= 0.6 is 23.2 Å². The van der Waals surface area contributed by atoms with Crippen molar-refractivity contribution < 1.29 is 0 Å². The molecular formula is C10H9Cl2N. The highest BCUT2D eigenvalue weighted by Gasteiger charge is 2.43. The summed E-state index contributed by atoms with van der Waals surface area (Å²) in [5, 5.41) is 0.929. The number of nitrogens with zero attached hydrogens (tertiary/aromatic N) is 1. The summed E-state index contributed by atoms with van der Waals surface area (Å²) in [5.74, 6) is 1.18. The van der Waals surface area contributed by atoms with Crippen molar-refractivity contribution in [3.8, 4) is 0 Å². The number of fused-ring (bicyclic) bond motifs is 5. The van der Waals surface area contributed by atoms with E-state index in [1.165, 1.54) is 17.5 Å². The normalized spacial score (nSPS) is 35.1. The third-order valence-electron chi connectivity index (χ3n) is 3.26. The largest absolute Gasteiger partial charge is 0.244 e. The highest BCUT2D eigenvalue weighted by Crippen LogP contribution is 2.54. The SMILES string of the molecule is Clc1cc2c(cn1)[C@H]1C[C@H]2C[C@H]1Cl. The first-order valence-corrected chi connectivity index (χ1v) is 5.36. The Labute approximate surface area is 87.1 Å². The Balaban J connectivity index is 2.16. The van der Waals surface area contributed by atoms with Crippen molar-refractivity contribution in [1.29, 1.82) is 0 Å². The molecule has 0 saturated heterocycles. The van der Waals surface area contributed by atoms with Gasteiger partial charge >= 0.3 is 0 Å². The van der Waals surface area contributed by atoms with Crippen LogP contribution in [0.15, 0.2) is 12.3 Å². The molecule has 13 heavy (non-hydrogen) atoms. The molecular weight excluding hydrogens is 205 g/mol. The lowest BCUT2D eigenvalue weighted by Gasteiger charge is -2.18. The zero-order chi connectivity index (χ0) is 9.00. The minimum absolute atomic E-state index is 0.320. The molecule has 0 spiro atoms. The quantitative estimate of drug-likeness (QED) is 0.476. The van der Waals surface area contributed by atoms with Crippen LogP contribution in [0, 0.1) is 0 Å². The number of halogens is 2. The van der Waals surface area contributed by atoms with Gasteiger partial charge in [-0.15, -0.1) is 11.6 Å². The molecule has 1 nitrogen and oxygen atoms in total. The molecule has 0 radical (unpaired) electrons. The van der Waals surface area contributed by atoms with Crippen LogP contribution in [0.5, 0.6) is 0 Å². The van der Waals surface area contributed by atoms with E-state index in [9.17, 15) is 0 Å². The number of hydrogen-bond donors (Lipinski definition) is 0. The van der Waals surface area contributed by atoms with E-state index in [4.69, 9.17) is 23.2 Å². The third kappa shape index (κ3) is 1.04. The molecule has 0 N–H and O–H groups in total. The predicted octanol–water partition coefficient (Wildman–Crippen LogP) is 3.32. The summed E-state index contributed by atoms with van der Waals surface area (Å²) >= 11 is 12.1. The van der Waals surface area contributed by atoms with Crippen molar-refractivity contribution in [1.82, 2.24) is 4.98 Å². The molecule has 1 aromatic heterocycles. The Morgan fingerprint density at radius 3 is 3.00 bits per heavy atom. The van der Waals surface area contributed by atoms with Gasteiger partial charge in [0.25, 0.3) is 0 Å². The smallest absolute Gasteiger partial charge is 0.129 e. The molecule has 0 amide bonds. The highest BCUT2D eigenvalue weighted by atomic mass is 35.5. The molecule has 2 bridgehead atoms. The summed E-state index contributed by atoms with van der Waals surface area (Å²) < 4.78 is 0. The highest BCUT2D eigenvalue weighted by molar-refractivity contribution is 6.29. The van der Waals surface area contributed by atoms with Gasteiger partial charge < -0.3 is 0 Å². The zero-order valence-electron chi connectivity index (χ0n) is 7.00. The fourth-order valence-corrected chi connectivity index (χ4v) is 3.30. The fraction of sp³-hybridized carbons (Fsp3) is 0.500. The van der Waals surface area contributed by atoms with Crippen LogP contribution < -0.4 is 0 Å². The van der Waals surface area contributed by atoms with Crippen molar-refractivity contribution in [2.45, 2.75) is 30.1 Å². The molecule has 1 saturated carbocycles. The molecule has 3 rings (SSSR count). The Bertz CT molecular complexity index is 364. The minimum Gasteiger partial charge on any atom is -0.244 e. The fourth-order valence-electron chi connectivity index (χ4n) is 2.68. The molecule has 2 aliphatic rings. The average molecular weight is 214 g/mol. The van der Waals surface area contributed by atoms with E-state index >= 15 is 0 Å². The van der Waals surface area contributed by atoms with E-state index in [0.717, 1.165) is 6.42 Å². The summed E-state index contributed by atoms with van der Waals surface area (Å²) in [7, 11) is 0. The maximum Gasteiger partial charge on any atom is 0.129 e. The average Bonchev–Trinajstić information content (AvgIpc) is 2.61. The van der Waals surface area contributed by atoms with Crippen molar-refractivity contribution in [3.63, 3.8) is 0 Å². The minimum atomic E-state index is 0.320. The number of aromatic nitrogens is 1. The van der Waals surface area contributed by atoms with Gasteiger partial charge in [-0.3, -0.25) is 0 Å². The van der Waals surface area contributed by atoms with E-state index < -0.39 is 0 Å². The first kappa shape index (κ1) is 8.07. The molecule has 0 unspecified atom stereocenters. The van der Waals surface area contributed by atoms with Crippen LogP contribution in [-0.4, -0.2) is 10.4 Å². The van der Waals surface area contributed by atoms with Gasteiger partial charge in [0.15, 0.2) is 0 Å². The zero-order valence-corrected chi connectivity index (χ0v) is 8.52. The Morgan fingerprint density at radius 1 is 1.31 bits per heavy atom. The standard InChI is InChI=1S/C10H9Cl2N/c11-9-2-5-1-7(9)8-4-13-10(12)3-6(5)8/h3-5,7,9H,1-2H2/t5-,7+,9+/m0/s1. The Hall–Kier alpha value is -0.270.